The van der Waals surface area contributed by atoms with E-state index < -0.39 is 6.04 Å². The van der Waals surface area contributed by atoms with Crippen molar-refractivity contribution in [3.8, 4) is 0 Å². The van der Waals surface area contributed by atoms with Gasteiger partial charge in [0, 0.05) is 19.6 Å². The van der Waals surface area contributed by atoms with Crippen molar-refractivity contribution in [2.45, 2.75) is 45.1 Å². The van der Waals surface area contributed by atoms with Crippen LogP contribution in [0.1, 0.15) is 48.7 Å². The van der Waals surface area contributed by atoms with E-state index in [9.17, 15) is 14.4 Å². The third-order valence-electron chi connectivity index (χ3n) is 5.13. The Labute approximate surface area is 158 Å². The van der Waals surface area contributed by atoms with E-state index in [4.69, 9.17) is 4.74 Å². The Morgan fingerprint density at radius 3 is 2.77 bits per heavy atom. The summed E-state index contributed by atoms with van der Waals surface area (Å²) in [6.45, 7) is 3.81. The second-order valence-electron chi connectivity index (χ2n) is 6.86. The van der Waals surface area contributed by atoms with Gasteiger partial charge in [0.25, 0.3) is 5.91 Å². The number of carbonyl (C=O) groups is 3. The van der Waals surface area contributed by atoms with Gasteiger partial charge in [-0.25, -0.2) is 4.79 Å². The first-order chi connectivity index (χ1) is 12.6. The summed E-state index contributed by atoms with van der Waals surface area (Å²) in [7, 11) is 0. The van der Waals surface area contributed by atoms with Gasteiger partial charge in [-0.3, -0.25) is 9.59 Å². The van der Waals surface area contributed by atoms with Gasteiger partial charge in [-0.15, -0.1) is 11.3 Å². The Hall–Kier alpha value is -1.89. The molecule has 26 heavy (non-hydrogen) atoms. The number of hydrogen-bond donors (Lipinski definition) is 0. The number of amides is 2. The molecule has 2 aliphatic heterocycles. The molecule has 0 bridgehead atoms. The zero-order chi connectivity index (χ0) is 18.5. The monoisotopic (exact) mass is 378 g/mol. The summed E-state index contributed by atoms with van der Waals surface area (Å²) in [6.07, 6.45) is 4.08. The van der Waals surface area contributed by atoms with Crippen molar-refractivity contribution in [1.82, 2.24) is 9.80 Å². The first kappa shape index (κ1) is 18.9. The van der Waals surface area contributed by atoms with Gasteiger partial charge < -0.3 is 14.5 Å². The van der Waals surface area contributed by atoms with Gasteiger partial charge in [0.05, 0.1) is 17.4 Å². The van der Waals surface area contributed by atoms with Crippen molar-refractivity contribution >= 4 is 29.1 Å². The van der Waals surface area contributed by atoms with Crippen LogP contribution in [0.2, 0.25) is 0 Å². The SMILES string of the molecule is CCOC(=O)C1CCCCN1C(=O)C1CCCN(C(=O)c2cccs2)C1. The molecule has 3 rings (SSSR count). The summed E-state index contributed by atoms with van der Waals surface area (Å²) in [5.74, 6) is -0.546. The van der Waals surface area contributed by atoms with Crippen molar-refractivity contribution in [3.05, 3.63) is 22.4 Å². The lowest BCUT2D eigenvalue weighted by Crippen LogP contribution is -2.53. The minimum Gasteiger partial charge on any atom is -0.464 e. The number of ether oxygens (including phenoxy) is 1. The molecule has 3 heterocycles. The minimum absolute atomic E-state index is 0.00177. The van der Waals surface area contributed by atoms with Crippen LogP contribution in [0.4, 0.5) is 0 Å². The van der Waals surface area contributed by atoms with Crippen LogP contribution in [0.15, 0.2) is 17.5 Å². The molecule has 2 saturated heterocycles. The Morgan fingerprint density at radius 2 is 2.04 bits per heavy atom. The molecule has 1 aromatic heterocycles. The highest BCUT2D eigenvalue weighted by atomic mass is 32.1. The molecule has 2 unspecified atom stereocenters. The van der Waals surface area contributed by atoms with Crippen molar-refractivity contribution in [2.75, 3.05) is 26.2 Å². The first-order valence-electron chi connectivity index (χ1n) is 9.41. The van der Waals surface area contributed by atoms with Gasteiger partial charge in [-0.05, 0) is 50.5 Å². The van der Waals surface area contributed by atoms with E-state index >= 15 is 0 Å². The van der Waals surface area contributed by atoms with Crippen molar-refractivity contribution in [1.29, 1.82) is 0 Å². The number of hydrogen-bond acceptors (Lipinski definition) is 5. The number of likely N-dealkylation sites (tertiary alicyclic amines) is 2. The van der Waals surface area contributed by atoms with E-state index in [0.29, 0.717) is 37.5 Å². The van der Waals surface area contributed by atoms with Crippen molar-refractivity contribution < 1.29 is 19.1 Å². The largest absolute Gasteiger partial charge is 0.464 e. The second-order valence-corrected chi connectivity index (χ2v) is 7.81. The quantitative estimate of drug-likeness (QED) is 0.755. The average molecular weight is 378 g/mol. The summed E-state index contributed by atoms with van der Waals surface area (Å²) in [5, 5.41) is 1.89. The minimum atomic E-state index is -0.473. The van der Waals surface area contributed by atoms with E-state index in [-0.39, 0.29) is 23.7 Å². The summed E-state index contributed by atoms with van der Waals surface area (Å²) in [4.78, 5) is 42.1. The molecule has 6 nitrogen and oxygen atoms in total. The molecule has 2 amide bonds. The Morgan fingerprint density at radius 1 is 1.19 bits per heavy atom. The maximum absolute atomic E-state index is 13.1. The molecule has 0 aliphatic carbocycles. The topological polar surface area (TPSA) is 66.9 Å². The van der Waals surface area contributed by atoms with Crippen molar-refractivity contribution in [2.24, 2.45) is 5.92 Å². The molecule has 0 saturated carbocycles. The van der Waals surface area contributed by atoms with Crippen LogP contribution in [-0.2, 0) is 14.3 Å². The lowest BCUT2D eigenvalue weighted by Gasteiger charge is -2.39. The van der Waals surface area contributed by atoms with Crippen LogP contribution in [0.3, 0.4) is 0 Å². The number of carbonyl (C=O) groups excluding carboxylic acids is 3. The van der Waals surface area contributed by atoms with Gasteiger partial charge in [-0.2, -0.15) is 0 Å². The summed E-state index contributed by atoms with van der Waals surface area (Å²) in [5.41, 5.74) is 0. The molecule has 0 spiro atoms. The van der Waals surface area contributed by atoms with Crippen LogP contribution in [-0.4, -0.2) is 59.9 Å². The van der Waals surface area contributed by atoms with Gasteiger partial charge in [0.15, 0.2) is 0 Å². The predicted octanol–water partition coefficient (Wildman–Crippen LogP) is 2.54. The maximum Gasteiger partial charge on any atom is 0.328 e. The number of nitrogens with zero attached hydrogens (tertiary/aromatic N) is 2. The molecule has 2 fully saturated rings. The molecule has 1 aromatic rings. The zero-order valence-corrected chi connectivity index (χ0v) is 16.0. The van der Waals surface area contributed by atoms with E-state index in [2.05, 4.69) is 0 Å². The van der Waals surface area contributed by atoms with Crippen LogP contribution in [0.25, 0.3) is 0 Å². The van der Waals surface area contributed by atoms with Crippen LogP contribution in [0, 0.1) is 5.92 Å². The van der Waals surface area contributed by atoms with Gasteiger partial charge in [-0.1, -0.05) is 6.07 Å². The third-order valence-corrected chi connectivity index (χ3v) is 5.99. The number of piperidine rings is 2. The maximum atomic E-state index is 13.1. The van der Waals surface area contributed by atoms with Crippen molar-refractivity contribution in [3.63, 3.8) is 0 Å². The molecule has 7 heteroatoms. The van der Waals surface area contributed by atoms with Gasteiger partial charge in [0.1, 0.15) is 6.04 Å². The molecule has 0 N–H and O–H groups in total. The highest BCUT2D eigenvalue weighted by molar-refractivity contribution is 7.12. The van der Waals surface area contributed by atoms with Crippen LogP contribution >= 0.6 is 11.3 Å². The number of thiophene rings is 1. The van der Waals surface area contributed by atoms with Gasteiger partial charge >= 0.3 is 5.97 Å². The third kappa shape index (κ3) is 4.09. The van der Waals surface area contributed by atoms with Gasteiger partial charge in [0.2, 0.25) is 5.91 Å². The molecule has 0 radical (unpaired) electrons. The molecule has 2 atom stereocenters. The van der Waals surface area contributed by atoms with E-state index in [1.807, 2.05) is 17.5 Å². The lowest BCUT2D eigenvalue weighted by atomic mass is 9.93. The average Bonchev–Trinajstić information content (AvgIpc) is 3.22. The zero-order valence-electron chi connectivity index (χ0n) is 15.2. The molecule has 0 aromatic carbocycles. The molecule has 142 valence electrons. The van der Waals surface area contributed by atoms with E-state index in [1.54, 1.807) is 16.7 Å². The molecule has 2 aliphatic rings. The highest BCUT2D eigenvalue weighted by Crippen LogP contribution is 2.26. The fourth-order valence-electron chi connectivity index (χ4n) is 3.83. The summed E-state index contributed by atoms with van der Waals surface area (Å²) >= 11 is 1.42. The lowest BCUT2D eigenvalue weighted by molar-refractivity contribution is -0.158. The summed E-state index contributed by atoms with van der Waals surface area (Å²) < 4.78 is 5.16. The highest BCUT2D eigenvalue weighted by Gasteiger charge is 2.38. The summed E-state index contributed by atoms with van der Waals surface area (Å²) in [6, 6.07) is 3.21. The van der Waals surface area contributed by atoms with Crippen LogP contribution < -0.4 is 0 Å². The Bertz CT molecular complexity index is 646. The predicted molar refractivity (Wildman–Crippen MR) is 98.9 cm³/mol. The second kappa shape index (κ2) is 8.66. The fraction of sp³-hybridized carbons (Fsp3) is 0.632. The molecular formula is C19H26N2O4S. The normalized spacial score (nSPS) is 23.6. The fourth-order valence-corrected chi connectivity index (χ4v) is 4.52. The standard InChI is InChI=1S/C19H26N2O4S/c1-2-25-19(24)15-8-3-4-11-21(15)17(22)14-7-5-10-20(13-14)18(23)16-9-6-12-26-16/h6,9,12,14-15H,2-5,7-8,10-11,13H2,1H3. The molecular weight excluding hydrogens is 352 g/mol. The number of esters is 1. The Kier molecular flexibility index (Phi) is 6.29. The van der Waals surface area contributed by atoms with E-state index in [0.717, 1.165) is 25.7 Å². The Balaban J connectivity index is 1.67. The van der Waals surface area contributed by atoms with Crippen LogP contribution in [0.5, 0.6) is 0 Å². The smallest absolute Gasteiger partial charge is 0.328 e. The van der Waals surface area contributed by atoms with E-state index in [1.165, 1.54) is 11.3 Å². The first-order valence-corrected chi connectivity index (χ1v) is 10.3. The number of rotatable bonds is 4.